The standard InChI is InChI=1S/C19H18N2O5S/c1-12-11-27-19-20-14(8-17(22)21(12)19)10-26-18(23)7-5-13-4-6-15(24-2)9-16(13)25-3/h4-9,11H,10H2,1-3H3/b7-5+. The zero-order chi connectivity index (χ0) is 19.4. The molecule has 0 aliphatic carbocycles. The van der Waals surface area contributed by atoms with Gasteiger partial charge in [-0.2, -0.15) is 0 Å². The number of benzene rings is 1. The first-order valence-electron chi connectivity index (χ1n) is 8.05. The van der Waals surface area contributed by atoms with Crippen molar-refractivity contribution in [1.29, 1.82) is 0 Å². The van der Waals surface area contributed by atoms with Gasteiger partial charge in [0, 0.05) is 34.8 Å². The number of carbonyl (C=O) groups excluding carboxylic acids is 1. The molecular formula is C19H18N2O5S. The monoisotopic (exact) mass is 386 g/mol. The fourth-order valence-electron chi connectivity index (χ4n) is 2.48. The van der Waals surface area contributed by atoms with E-state index in [1.165, 1.54) is 35.0 Å². The minimum absolute atomic E-state index is 0.0778. The van der Waals surface area contributed by atoms with Crippen LogP contribution in [0.15, 0.2) is 40.5 Å². The number of fused-ring (bicyclic) bond motifs is 1. The maximum Gasteiger partial charge on any atom is 0.331 e. The minimum atomic E-state index is -0.544. The van der Waals surface area contributed by atoms with E-state index in [-0.39, 0.29) is 12.2 Å². The molecule has 27 heavy (non-hydrogen) atoms. The van der Waals surface area contributed by atoms with Crippen LogP contribution >= 0.6 is 11.3 Å². The number of rotatable bonds is 6. The van der Waals surface area contributed by atoms with E-state index in [0.717, 1.165) is 5.69 Å². The van der Waals surface area contributed by atoms with Crippen molar-refractivity contribution < 1.29 is 19.0 Å². The Morgan fingerprint density at radius 2 is 2.07 bits per heavy atom. The molecule has 0 atom stereocenters. The van der Waals surface area contributed by atoms with Gasteiger partial charge in [0.05, 0.1) is 19.9 Å². The van der Waals surface area contributed by atoms with Gasteiger partial charge in [-0.1, -0.05) is 0 Å². The van der Waals surface area contributed by atoms with Crippen LogP contribution in [0.4, 0.5) is 0 Å². The van der Waals surface area contributed by atoms with Crippen molar-refractivity contribution in [3.05, 3.63) is 63.0 Å². The predicted octanol–water partition coefficient (Wildman–Crippen LogP) is 2.84. The Morgan fingerprint density at radius 1 is 1.26 bits per heavy atom. The van der Waals surface area contributed by atoms with Crippen molar-refractivity contribution in [3.8, 4) is 11.5 Å². The first-order chi connectivity index (χ1) is 13.0. The highest BCUT2D eigenvalue weighted by Gasteiger charge is 2.08. The molecule has 2 aromatic heterocycles. The molecule has 0 spiro atoms. The highest BCUT2D eigenvalue weighted by Crippen LogP contribution is 2.25. The fraction of sp³-hybridized carbons (Fsp3) is 0.211. The molecule has 0 amide bonds. The average Bonchev–Trinajstić information content (AvgIpc) is 3.05. The molecule has 0 unspecified atom stereocenters. The second-order valence-corrected chi connectivity index (χ2v) is 6.47. The van der Waals surface area contributed by atoms with Crippen LogP contribution in [0.1, 0.15) is 17.0 Å². The summed E-state index contributed by atoms with van der Waals surface area (Å²) in [6, 6.07) is 6.64. The van der Waals surface area contributed by atoms with Crippen molar-refractivity contribution in [2.75, 3.05) is 14.2 Å². The highest BCUT2D eigenvalue weighted by molar-refractivity contribution is 7.15. The largest absolute Gasteiger partial charge is 0.497 e. The number of methoxy groups -OCH3 is 2. The lowest BCUT2D eigenvalue weighted by molar-refractivity contribution is -0.139. The summed E-state index contributed by atoms with van der Waals surface area (Å²) in [5.41, 5.74) is 1.75. The Balaban J connectivity index is 1.68. The molecule has 0 aliphatic heterocycles. The van der Waals surface area contributed by atoms with E-state index < -0.39 is 5.97 Å². The molecule has 0 radical (unpaired) electrons. The van der Waals surface area contributed by atoms with Gasteiger partial charge in [0.2, 0.25) is 0 Å². The van der Waals surface area contributed by atoms with Gasteiger partial charge in [-0.15, -0.1) is 11.3 Å². The number of aryl methyl sites for hydroxylation is 1. The van der Waals surface area contributed by atoms with Gasteiger partial charge in [-0.3, -0.25) is 9.20 Å². The summed E-state index contributed by atoms with van der Waals surface area (Å²) in [5.74, 6) is 0.687. The van der Waals surface area contributed by atoms with Crippen molar-refractivity contribution in [1.82, 2.24) is 9.38 Å². The molecule has 0 aliphatic rings. The lowest BCUT2D eigenvalue weighted by Gasteiger charge is -2.07. The molecule has 0 N–H and O–H groups in total. The zero-order valence-electron chi connectivity index (χ0n) is 15.1. The predicted molar refractivity (Wildman–Crippen MR) is 102 cm³/mol. The lowest BCUT2D eigenvalue weighted by Crippen LogP contribution is -2.16. The number of hydrogen-bond acceptors (Lipinski definition) is 7. The Labute approximate surface area is 159 Å². The summed E-state index contributed by atoms with van der Waals surface area (Å²) in [7, 11) is 3.10. The van der Waals surface area contributed by atoms with Crippen molar-refractivity contribution in [2.24, 2.45) is 0 Å². The third-order valence-electron chi connectivity index (χ3n) is 3.83. The molecule has 0 bridgehead atoms. The van der Waals surface area contributed by atoms with Gasteiger partial charge in [-0.05, 0) is 25.1 Å². The molecule has 0 saturated carbocycles. The van der Waals surface area contributed by atoms with Gasteiger partial charge < -0.3 is 14.2 Å². The molecule has 1 aromatic carbocycles. The fourth-order valence-corrected chi connectivity index (χ4v) is 3.37. The number of aromatic nitrogens is 2. The summed E-state index contributed by atoms with van der Waals surface area (Å²) < 4.78 is 17.1. The van der Waals surface area contributed by atoms with E-state index in [4.69, 9.17) is 14.2 Å². The van der Waals surface area contributed by atoms with Crippen LogP contribution in [0.5, 0.6) is 11.5 Å². The SMILES string of the molecule is COc1ccc(/C=C/C(=O)OCc2cc(=O)n3c(C)csc3n2)c(OC)c1. The molecule has 7 nitrogen and oxygen atoms in total. The summed E-state index contributed by atoms with van der Waals surface area (Å²) in [6.07, 6.45) is 2.89. The molecule has 3 aromatic rings. The topological polar surface area (TPSA) is 79.1 Å². The van der Waals surface area contributed by atoms with Gasteiger partial charge in [0.25, 0.3) is 5.56 Å². The molecule has 2 heterocycles. The van der Waals surface area contributed by atoms with Gasteiger partial charge >= 0.3 is 5.97 Å². The Hall–Kier alpha value is -3.13. The van der Waals surface area contributed by atoms with Crippen LogP contribution in [0.25, 0.3) is 11.0 Å². The van der Waals surface area contributed by atoms with Crippen LogP contribution in [-0.2, 0) is 16.1 Å². The van der Waals surface area contributed by atoms with Crippen LogP contribution in [0.2, 0.25) is 0 Å². The zero-order valence-corrected chi connectivity index (χ0v) is 15.9. The number of nitrogens with zero attached hydrogens (tertiary/aromatic N) is 2. The number of esters is 1. The second-order valence-electron chi connectivity index (χ2n) is 5.63. The third kappa shape index (κ3) is 4.17. The van der Waals surface area contributed by atoms with E-state index in [1.807, 2.05) is 12.3 Å². The third-order valence-corrected chi connectivity index (χ3v) is 4.77. The number of ether oxygens (including phenoxy) is 3. The summed E-state index contributed by atoms with van der Waals surface area (Å²) >= 11 is 1.36. The van der Waals surface area contributed by atoms with E-state index >= 15 is 0 Å². The molecule has 3 rings (SSSR count). The Morgan fingerprint density at radius 3 is 2.81 bits per heavy atom. The first kappa shape index (κ1) is 18.7. The van der Waals surface area contributed by atoms with Crippen LogP contribution in [-0.4, -0.2) is 29.6 Å². The summed E-state index contributed by atoms with van der Waals surface area (Å²) in [4.78, 5) is 29.0. The molecule has 8 heteroatoms. The minimum Gasteiger partial charge on any atom is -0.497 e. The van der Waals surface area contributed by atoms with Crippen molar-refractivity contribution in [3.63, 3.8) is 0 Å². The summed E-state index contributed by atoms with van der Waals surface area (Å²) in [6.45, 7) is 1.76. The van der Waals surface area contributed by atoms with E-state index in [9.17, 15) is 9.59 Å². The van der Waals surface area contributed by atoms with E-state index in [1.54, 1.807) is 31.4 Å². The van der Waals surface area contributed by atoms with Gasteiger partial charge in [0.1, 0.15) is 18.1 Å². The smallest absolute Gasteiger partial charge is 0.331 e. The Kier molecular flexibility index (Phi) is 5.56. The number of thiazole rings is 1. The molecule has 0 saturated heterocycles. The number of hydrogen-bond donors (Lipinski definition) is 0. The quantitative estimate of drug-likeness (QED) is 0.479. The maximum atomic E-state index is 12.1. The van der Waals surface area contributed by atoms with Crippen LogP contribution in [0.3, 0.4) is 0 Å². The average molecular weight is 386 g/mol. The first-order valence-corrected chi connectivity index (χ1v) is 8.93. The second kappa shape index (κ2) is 8.05. The van der Waals surface area contributed by atoms with Crippen molar-refractivity contribution in [2.45, 2.75) is 13.5 Å². The van der Waals surface area contributed by atoms with Gasteiger partial charge in [-0.25, -0.2) is 9.78 Å². The Bertz CT molecular complexity index is 1070. The van der Waals surface area contributed by atoms with Crippen LogP contribution < -0.4 is 15.0 Å². The summed E-state index contributed by atoms with van der Waals surface area (Å²) in [5, 5.41) is 1.85. The molecule has 140 valence electrons. The number of carbonyl (C=O) groups is 1. The van der Waals surface area contributed by atoms with E-state index in [2.05, 4.69) is 4.98 Å². The lowest BCUT2D eigenvalue weighted by atomic mass is 10.2. The van der Waals surface area contributed by atoms with Gasteiger partial charge in [0.15, 0.2) is 4.96 Å². The maximum absolute atomic E-state index is 12.1. The van der Waals surface area contributed by atoms with Crippen LogP contribution in [0, 0.1) is 6.92 Å². The van der Waals surface area contributed by atoms with Crippen molar-refractivity contribution >= 4 is 28.3 Å². The molecule has 0 fully saturated rings. The normalized spacial score (nSPS) is 11.1. The van der Waals surface area contributed by atoms with E-state index in [0.29, 0.717) is 27.7 Å². The highest BCUT2D eigenvalue weighted by atomic mass is 32.1. The molecular weight excluding hydrogens is 368 g/mol.